The van der Waals surface area contributed by atoms with Gasteiger partial charge in [-0.15, -0.1) is 0 Å². The summed E-state index contributed by atoms with van der Waals surface area (Å²) in [4.78, 5) is 33.8. The van der Waals surface area contributed by atoms with Crippen LogP contribution < -0.4 is 16.0 Å². The van der Waals surface area contributed by atoms with E-state index in [9.17, 15) is 14.0 Å². The Labute approximate surface area is 202 Å². The van der Waals surface area contributed by atoms with E-state index >= 15 is 0 Å². The monoisotopic (exact) mass is 475 g/mol. The Morgan fingerprint density at radius 2 is 2.03 bits per heavy atom. The van der Waals surface area contributed by atoms with Gasteiger partial charge >= 0.3 is 0 Å². The molecule has 2 amide bonds. The van der Waals surface area contributed by atoms with Gasteiger partial charge in [0.2, 0.25) is 5.91 Å². The molecule has 1 saturated carbocycles. The summed E-state index contributed by atoms with van der Waals surface area (Å²) < 4.78 is 13.9. The highest BCUT2D eigenvalue weighted by atomic mass is 19.1. The molecule has 1 aliphatic carbocycles. The summed E-state index contributed by atoms with van der Waals surface area (Å²) in [6, 6.07) is 8.60. The maximum absolute atomic E-state index is 13.9. The van der Waals surface area contributed by atoms with E-state index in [0.717, 1.165) is 29.7 Å². The summed E-state index contributed by atoms with van der Waals surface area (Å²) in [7, 11) is 0. The minimum atomic E-state index is -0.476. The molecule has 1 aromatic carbocycles. The SMILES string of the molecule is CC1=C2C(Nc3cc(C(=O)NC4CC4)ccc3C)=NC=NN2CC1C(=O)NCc1ncccc1F. The van der Waals surface area contributed by atoms with Crippen LogP contribution in [0.15, 0.2) is 57.9 Å². The lowest BCUT2D eigenvalue weighted by molar-refractivity contribution is -0.124. The second-order valence-corrected chi connectivity index (χ2v) is 8.93. The van der Waals surface area contributed by atoms with Crippen LogP contribution in [0.2, 0.25) is 0 Å². The fourth-order valence-corrected chi connectivity index (χ4v) is 4.13. The predicted molar refractivity (Wildman–Crippen MR) is 130 cm³/mol. The number of hydrogen-bond donors (Lipinski definition) is 3. The molecular weight excluding hydrogens is 449 g/mol. The molecule has 0 spiro atoms. The fourth-order valence-electron chi connectivity index (χ4n) is 4.13. The molecule has 3 aliphatic rings. The van der Waals surface area contributed by atoms with E-state index in [1.807, 2.05) is 26.0 Å². The van der Waals surface area contributed by atoms with Crippen LogP contribution in [0.3, 0.4) is 0 Å². The molecule has 2 aromatic rings. The number of pyridine rings is 1. The summed E-state index contributed by atoms with van der Waals surface area (Å²) >= 11 is 0. The normalized spacial score (nSPS) is 18.8. The predicted octanol–water partition coefficient (Wildman–Crippen LogP) is 2.71. The minimum Gasteiger partial charge on any atom is -0.350 e. The number of amides is 2. The molecule has 1 unspecified atom stereocenters. The number of hydrazone groups is 1. The zero-order valence-electron chi connectivity index (χ0n) is 19.5. The number of nitrogens with zero attached hydrogens (tertiary/aromatic N) is 4. The Morgan fingerprint density at radius 1 is 1.20 bits per heavy atom. The second-order valence-electron chi connectivity index (χ2n) is 8.93. The number of aryl methyl sites for hydroxylation is 1. The van der Waals surface area contributed by atoms with E-state index in [0.29, 0.717) is 23.6 Å². The summed E-state index contributed by atoms with van der Waals surface area (Å²) in [6.07, 6.45) is 4.96. The first-order chi connectivity index (χ1) is 16.9. The second kappa shape index (κ2) is 9.28. The highest BCUT2D eigenvalue weighted by Gasteiger charge is 2.37. The van der Waals surface area contributed by atoms with E-state index < -0.39 is 11.7 Å². The molecule has 2 aliphatic heterocycles. The van der Waals surface area contributed by atoms with Crippen molar-refractivity contribution in [2.24, 2.45) is 16.0 Å². The average Bonchev–Trinajstić information content (AvgIpc) is 3.60. The van der Waals surface area contributed by atoms with Gasteiger partial charge in [0.05, 0.1) is 24.7 Å². The molecule has 5 rings (SSSR count). The van der Waals surface area contributed by atoms with Gasteiger partial charge in [0.1, 0.15) is 17.9 Å². The van der Waals surface area contributed by atoms with Crippen molar-refractivity contribution in [3.05, 3.63) is 70.4 Å². The lowest BCUT2D eigenvalue weighted by Gasteiger charge is -2.22. The topological polar surface area (TPSA) is 111 Å². The molecule has 1 aromatic heterocycles. The minimum absolute atomic E-state index is 0.00198. The number of nitrogens with one attached hydrogen (secondary N) is 3. The third kappa shape index (κ3) is 4.77. The number of hydrogen-bond acceptors (Lipinski definition) is 7. The quantitative estimate of drug-likeness (QED) is 0.595. The van der Waals surface area contributed by atoms with Crippen molar-refractivity contribution in [2.45, 2.75) is 39.3 Å². The van der Waals surface area contributed by atoms with Crippen LogP contribution in [-0.2, 0) is 11.3 Å². The zero-order chi connectivity index (χ0) is 24.5. The van der Waals surface area contributed by atoms with Crippen LogP contribution >= 0.6 is 0 Å². The van der Waals surface area contributed by atoms with Crippen molar-refractivity contribution in [1.29, 1.82) is 0 Å². The fraction of sp³-hybridized carbons (Fsp3) is 0.320. The molecule has 10 heteroatoms. The number of rotatable bonds is 6. The van der Waals surface area contributed by atoms with E-state index in [4.69, 9.17) is 0 Å². The van der Waals surface area contributed by atoms with E-state index in [2.05, 4.69) is 31.0 Å². The Balaban J connectivity index is 1.32. The van der Waals surface area contributed by atoms with Gasteiger partial charge in [-0.3, -0.25) is 19.6 Å². The molecule has 1 fully saturated rings. The highest BCUT2D eigenvalue weighted by molar-refractivity contribution is 6.13. The Morgan fingerprint density at radius 3 is 2.80 bits per heavy atom. The van der Waals surface area contributed by atoms with Gasteiger partial charge in [0, 0.05) is 23.5 Å². The smallest absolute Gasteiger partial charge is 0.251 e. The van der Waals surface area contributed by atoms with E-state index in [-0.39, 0.29) is 30.1 Å². The number of benzene rings is 1. The average molecular weight is 476 g/mol. The number of anilines is 1. The van der Waals surface area contributed by atoms with Crippen molar-refractivity contribution in [3.8, 4) is 0 Å². The van der Waals surface area contributed by atoms with Crippen molar-refractivity contribution < 1.29 is 14.0 Å². The zero-order valence-corrected chi connectivity index (χ0v) is 19.5. The molecule has 180 valence electrons. The highest BCUT2D eigenvalue weighted by Crippen LogP contribution is 2.32. The van der Waals surface area contributed by atoms with E-state index in [1.54, 1.807) is 11.1 Å². The number of fused-ring (bicyclic) bond motifs is 1. The summed E-state index contributed by atoms with van der Waals surface area (Å²) in [6.45, 7) is 4.16. The Bertz CT molecular complexity index is 1280. The number of aromatic nitrogens is 1. The number of carbonyl (C=O) groups is 2. The standard InChI is InChI=1S/C25H26FN7O2/c1-14-5-6-16(24(34)31-17-7-8-17)10-20(14)32-23-22-15(2)18(12-33(22)30-13-29-23)25(35)28-11-21-19(26)4-3-9-27-21/h3-6,9-10,13,17-18H,7-8,11-12H2,1-2H3,(H,28,35)(H,31,34)(H,29,30,32). The summed E-state index contributed by atoms with van der Waals surface area (Å²) in [5.74, 6) is -0.721. The number of halogens is 1. The molecule has 3 heterocycles. The Hall–Kier alpha value is -4.08. The molecule has 35 heavy (non-hydrogen) atoms. The largest absolute Gasteiger partial charge is 0.350 e. The lowest BCUT2D eigenvalue weighted by atomic mass is 10.0. The van der Waals surface area contributed by atoms with Gasteiger partial charge in [0.25, 0.3) is 5.91 Å². The summed E-state index contributed by atoms with van der Waals surface area (Å²) in [5, 5.41) is 15.2. The third-order valence-corrected chi connectivity index (χ3v) is 6.36. The van der Waals surface area contributed by atoms with Crippen LogP contribution in [0.4, 0.5) is 10.1 Å². The molecule has 0 radical (unpaired) electrons. The maximum Gasteiger partial charge on any atom is 0.251 e. The van der Waals surface area contributed by atoms with Gasteiger partial charge in [-0.25, -0.2) is 9.38 Å². The van der Waals surface area contributed by atoms with Gasteiger partial charge in [-0.05, 0) is 62.1 Å². The van der Waals surface area contributed by atoms with Crippen molar-refractivity contribution in [1.82, 2.24) is 20.6 Å². The van der Waals surface area contributed by atoms with Crippen LogP contribution in [0.1, 0.15) is 41.4 Å². The molecule has 3 N–H and O–H groups in total. The third-order valence-electron chi connectivity index (χ3n) is 6.36. The van der Waals surface area contributed by atoms with Crippen molar-refractivity contribution in [2.75, 3.05) is 11.9 Å². The van der Waals surface area contributed by atoms with Gasteiger partial charge in [-0.2, -0.15) is 5.10 Å². The molecule has 0 saturated heterocycles. The van der Waals surface area contributed by atoms with Crippen molar-refractivity contribution in [3.63, 3.8) is 0 Å². The Kier molecular flexibility index (Phi) is 6.02. The van der Waals surface area contributed by atoms with Crippen LogP contribution in [0.25, 0.3) is 0 Å². The number of amidine groups is 1. The van der Waals surface area contributed by atoms with E-state index in [1.165, 1.54) is 24.7 Å². The first-order valence-electron chi connectivity index (χ1n) is 11.6. The van der Waals surface area contributed by atoms with Crippen molar-refractivity contribution >= 4 is 29.7 Å². The maximum atomic E-state index is 13.9. The van der Waals surface area contributed by atoms with Crippen LogP contribution in [-0.4, -0.2) is 46.6 Å². The van der Waals surface area contributed by atoms with Gasteiger partial charge in [0.15, 0.2) is 5.84 Å². The summed E-state index contributed by atoms with van der Waals surface area (Å²) in [5.41, 5.74) is 3.97. The molecule has 0 bridgehead atoms. The number of carbonyl (C=O) groups excluding carboxylic acids is 2. The lowest BCUT2D eigenvalue weighted by Crippen LogP contribution is -2.34. The van der Waals surface area contributed by atoms with Gasteiger partial charge in [-0.1, -0.05) is 6.07 Å². The van der Waals surface area contributed by atoms with Gasteiger partial charge < -0.3 is 16.0 Å². The molecular formula is C25H26FN7O2. The number of aliphatic imine (C=N–C) groups is 1. The first-order valence-corrected chi connectivity index (χ1v) is 11.6. The van der Waals surface area contributed by atoms with Crippen LogP contribution in [0.5, 0.6) is 0 Å². The first kappa shape index (κ1) is 22.7. The van der Waals surface area contributed by atoms with Crippen LogP contribution in [0, 0.1) is 18.7 Å². The molecule has 9 nitrogen and oxygen atoms in total. The molecule has 1 atom stereocenters.